The van der Waals surface area contributed by atoms with Crippen molar-refractivity contribution in [1.29, 1.82) is 0 Å². The number of nitrogens with zero attached hydrogens (tertiary/aromatic N) is 2. The first-order valence-corrected chi connectivity index (χ1v) is 4.85. The van der Waals surface area contributed by atoms with E-state index in [0.717, 1.165) is 13.1 Å². The van der Waals surface area contributed by atoms with E-state index in [4.69, 9.17) is 5.11 Å². The zero-order valence-electron chi connectivity index (χ0n) is 8.40. The summed E-state index contributed by atoms with van der Waals surface area (Å²) in [6.45, 7) is 5.16. The molecule has 0 bridgehead atoms. The van der Waals surface area contributed by atoms with E-state index in [1.807, 2.05) is 6.92 Å². The van der Waals surface area contributed by atoms with Gasteiger partial charge in [0.15, 0.2) is 0 Å². The lowest BCUT2D eigenvalue weighted by Gasteiger charge is -2.33. The summed E-state index contributed by atoms with van der Waals surface area (Å²) in [5.74, 6) is -0.810. The minimum Gasteiger partial charge on any atom is -0.481 e. The fourth-order valence-corrected chi connectivity index (χ4v) is 1.49. The Balaban J connectivity index is 2.34. The van der Waals surface area contributed by atoms with E-state index >= 15 is 0 Å². The Morgan fingerprint density at radius 2 is 2.21 bits per heavy atom. The molecule has 1 rings (SSSR count). The zero-order valence-corrected chi connectivity index (χ0v) is 8.40. The van der Waals surface area contributed by atoms with Gasteiger partial charge in [0.2, 0.25) is 5.91 Å². The van der Waals surface area contributed by atoms with Crippen LogP contribution in [0.25, 0.3) is 0 Å². The Labute approximate surface area is 83.3 Å². The number of rotatable bonds is 4. The van der Waals surface area contributed by atoms with Crippen LogP contribution >= 0.6 is 0 Å². The Morgan fingerprint density at radius 3 is 2.71 bits per heavy atom. The number of hydrogen-bond acceptors (Lipinski definition) is 3. The predicted molar refractivity (Wildman–Crippen MR) is 50.9 cm³/mol. The average Bonchev–Trinajstić information content (AvgIpc) is 2.15. The fourth-order valence-electron chi connectivity index (χ4n) is 1.49. The highest BCUT2D eigenvalue weighted by atomic mass is 16.4. The summed E-state index contributed by atoms with van der Waals surface area (Å²) in [5, 5.41) is 8.48. The number of piperazine rings is 1. The quantitative estimate of drug-likeness (QED) is 0.672. The normalized spacial score (nSPS) is 18.6. The third kappa shape index (κ3) is 2.99. The second-order valence-electron chi connectivity index (χ2n) is 3.39. The van der Waals surface area contributed by atoms with Gasteiger partial charge in [-0.2, -0.15) is 0 Å². The molecule has 0 unspecified atom stereocenters. The topological polar surface area (TPSA) is 60.9 Å². The van der Waals surface area contributed by atoms with E-state index in [-0.39, 0.29) is 12.3 Å². The molecule has 1 aliphatic heterocycles. The molecule has 0 saturated carbocycles. The molecule has 1 heterocycles. The van der Waals surface area contributed by atoms with Gasteiger partial charge in [0.05, 0.1) is 13.0 Å². The fraction of sp³-hybridized carbons (Fsp3) is 0.778. The molecule has 0 aromatic carbocycles. The maximum Gasteiger partial charge on any atom is 0.305 e. The Bertz CT molecular complexity index is 230. The average molecular weight is 200 g/mol. The van der Waals surface area contributed by atoms with Crippen LogP contribution in [-0.2, 0) is 9.59 Å². The summed E-state index contributed by atoms with van der Waals surface area (Å²) < 4.78 is 0. The molecule has 1 aliphatic rings. The van der Waals surface area contributed by atoms with E-state index in [9.17, 15) is 9.59 Å². The van der Waals surface area contributed by atoms with Crippen LogP contribution in [-0.4, -0.2) is 59.5 Å². The third-order valence-electron chi connectivity index (χ3n) is 2.44. The van der Waals surface area contributed by atoms with E-state index in [2.05, 4.69) is 4.90 Å². The molecule has 14 heavy (non-hydrogen) atoms. The van der Waals surface area contributed by atoms with E-state index < -0.39 is 5.97 Å². The molecule has 1 saturated heterocycles. The highest BCUT2D eigenvalue weighted by Crippen LogP contribution is 2.03. The molecule has 1 amide bonds. The van der Waals surface area contributed by atoms with Crippen LogP contribution in [0, 0.1) is 0 Å². The van der Waals surface area contributed by atoms with Crippen molar-refractivity contribution in [2.45, 2.75) is 13.3 Å². The van der Waals surface area contributed by atoms with Crippen molar-refractivity contribution in [2.75, 3.05) is 32.7 Å². The number of aliphatic carboxylic acids is 1. The van der Waals surface area contributed by atoms with Gasteiger partial charge in [0.1, 0.15) is 0 Å². The van der Waals surface area contributed by atoms with E-state index in [1.54, 1.807) is 4.90 Å². The zero-order chi connectivity index (χ0) is 10.6. The molecule has 0 atom stereocenters. The molecule has 5 heteroatoms. The van der Waals surface area contributed by atoms with Crippen LogP contribution in [0.2, 0.25) is 0 Å². The molecule has 5 nitrogen and oxygen atoms in total. The van der Waals surface area contributed by atoms with Gasteiger partial charge >= 0.3 is 5.97 Å². The Morgan fingerprint density at radius 1 is 1.50 bits per heavy atom. The van der Waals surface area contributed by atoms with Crippen molar-refractivity contribution >= 4 is 11.9 Å². The molecule has 0 aromatic heterocycles. The minimum atomic E-state index is -0.851. The molecule has 1 fully saturated rings. The number of likely N-dealkylation sites (N-methyl/N-ethyl adjacent to an activating group) is 1. The van der Waals surface area contributed by atoms with Gasteiger partial charge in [-0.15, -0.1) is 0 Å². The van der Waals surface area contributed by atoms with Gasteiger partial charge in [-0.05, 0) is 6.54 Å². The van der Waals surface area contributed by atoms with Gasteiger partial charge in [0.25, 0.3) is 0 Å². The van der Waals surface area contributed by atoms with Crippen LogP contribution in [0.3, 0.4) is 0 Å². The highest BCUT2D eigenvalue weighted by Gasteiger charge is 2.22. The highest BCUT2D eigenvalue weighted by molar-refractivity contribution is 5.79. The van der Waals surface area contributed by atoms with Crippen molar-refractivity contribution in [1.82, 2.24) is 9.80 Å². The number of carboxylic acid groups (broad SMARTS) is 1. The number of carbonyl (C=O) groups excluding carboxylic acids is 1. The lowest BCUT2D eigenvalue weighted by molar-refractivity contribution is -0.140. The van der Waals surface area contributed by atoms with Crippen molar-refractivity contribution in [3.05, 3.63) is 0 Å². The number of carboxylic acids is 1. The Kier molecular flexibility index (Phi) is 3.88. The Hall–Kier alpha value is -1.10. The summed E-state index contributed by atoms with van der Waals surface area (Å²) in [6, 6.07) is 0. The summed E-state index contributed by atoms with van der Waals surface area (Å²) >= 11 is 0. The molecule has 80 valence electrons. The van der Waals surface area contributed by atoms with Crippen LogP contribution in [0.1, 0.15) is 13.3 Å². The smallest absolute Gasteiger partial charge is 0.305 e. The SMILES string of the molecule is CCN1CCN(CCC(=O)O)C(=O)C1. The first-order chi connectivity index (χ1) is 6.63. The van der Waals surface area contributed by atoms with Crippen molar-refractivity contribution in [3.63, 3.8) is 0 Å². The largest absolute Gasteiger partial charge is 0.481 e. The van der Waals surface area contributed by atoms with Crippen LogP contribution in [0.15, 0.2) is 0 Å². The molecule has 0 spiro atoms. The predicted octanol–water partition coefficient (Wildman–Crippen LogP) is -0.375. The molecule has 0 radical (unpaired) electrons. The molecule has 0 aliphatic carbocycles. The summed E-state index contributed by atoms with van der Waals surface area (Å²) in [5.41, 5.74) is 0. The minimum absolute atomic E-state index is 0.0395. The van der Waals surface area contributed by atoms with Crippen LogP contribution in [0.5, 0.6) is 0 Å². The monoisotopic (exact) mass is 200 g/mol. The van der Waals surface area contributed by atoms with Crippen LogP contribution in [0.4, 0.5) is 0 Å². The van der Waals surface area contributed by atoms with Crippen molar-refractivity contribution < 1.29 is 14.7 Å². The summed E-state index contributed by atoms with van der Waals surface area (Å²) in [6.07, 6.45) is 0.0395. The first kappa shape index (κ1) is 11.0. The van der Waals surface area contributed by atoms with Gasteiger partial charge in [-0.25, -0.2) is 0 Å². The van der Waals surface area contributed by atoms with Gasteiger partial charge < -0.3 is 10.0 Å². The molecule has 0 aromatic rings. The second kappa shape index (κ2) is 4.95. The maximum absolute atomic E-state index is 11.5. The summed E-state index contributed by atoms with van der Waals surface area (Å²) in [4.78, 5) is 25.5. The van der Waals surface area contributed by atoms with Gasteiger partial charge in [-0.3, -0.25) is 14.5 Å². The first-order valence-electron chi connectivity index (χ1n) is 4.85. The number of carbonyl (C=O) groups is 2. The second-order valence-corrected chi connectivity index (χ2v) is 3.39. The summed E-state index contributed by atoms with van der Waals surface area (Å²) in [7, 11) is 0. The number of amides is 1. The van der Waals surface area contributed by atoms with Gasteiger partial charge in [0, 0.05) is 19.6 Å². The molecular weight excluding hydrogens is 184 g/mol. The lowest BCUT2D eigenvalue weighted by atomic mass is 10.3. The van der Waals surface area contributed by atoms with Gasteiger partial charge in [-0.1, -0.05) is 6.92 Å². The standard InChI is InChI=1S/C9H16N2O3/c1-2-10-5-6-11(8(12)7-10)4-3-9(13)14/h2-7H2,1H3,(H,13,14). The van der Waals surface area contributed by atoms with Crippen LogP contribution < -0.4 is 0 Å². The lowest BCUT2D eigenvalue weighted by Crippen LogP contribution is -2.50. The third-order valence-corrected chi connectivity index (χ3v) is 2.44. The van der Waals surface area contributed by atoms with E-state index in [1.165, 1.54) is 0 Å². The van der Waals surface area contributed by atoms with E-state index in [0.29, 0.717) is 19.6 Å². The molecule has 1 N–H and O–H groups in total. The van der Waals surface area contributed by atoms with Crippen molar-refractivity contribution in [3.8, 4) is 0 Å². The maximum atomic E-state index is 11.5. The van der Waals surface area contributed by atoms with Crippen molar-refractivity contribution in [2.24, 2.45) is 0 Å². The molecular formula is C9H16N2O3. The number of hydrogen-bond donors (Lipinski definition) is 1.